The van der Waals surface area contributed by atoms with E-state index in [1.807, 2.05) is 49.4 Å². The van der Waals surface area contributed by atoms with Gasteiger partial charge in [0.05, 0.1) is 0 Å². The zero-order chi connectivity index (χ0) is 15.9. The molecule has 1 N–H and O–H groups in total. The first-order chi connectivity index (χ1) is 10.6. The fraction of sp³-hybridized carbons (Fsp3) is 0.316. The normalized spacial score (nSPS) is 11.8. The molecule has 22 heavy (non-hydrogen) atoms. The number of aryl methyl sites for hydroxylation is 2. The number of hydrogen-bond acceptors (Lipinski definition) is 2. The number of benzene rings is 2. The van der Waals surface area contributed by atoms with Crippen molar-refractivity contribution in [3.8, 4) is 5.75 Å². The molecule has 0 bridgehead atoms. The molecule has 0 aromatic heterocycles. The van der Waals surface area contributed by atoms with Crippen molar-refractivity contribution in [1.82, 2.24) is 5.32 Å². The smallest absolute Gasteiger partial charge is 0.261 e. The molecule has 2 rings (SSSR count). The van der Waals surface area contributed by atoms with Gasteiger partial charge in [-0.05, 0) is 37.5 Å². The second-order valence-corrected chi connectivity index (χ2v) is 5.43. The molecule has 1 atom stereocenters. The fourth-order valence-electron chi connectivity index (χ4n) is 2.31. The number of carbonyl (C=O) groups excluding carboxylic acids is 1. The average Bonchev–Trinajstić information content (AvgIpc) is 2.53. The summed E-state index contributed by atoms with van der Waals surface area (Å²) < 4.78 is 5.80. The van der Waals surface area contributed by atoms with Crippen LogP contribution in [0, 0.1) is 6.92 Å². The van der Waals surface area contributed by atoms with Crippen LogP contribution in [-0.2, 0) is 17.8 Å². The van der Waals surface area contributed by atoms with Gasteiger partial charge in [0.1, 0.15) is 5.75 Å². The van der Waals surface area contributed by atoms with Crippen molar-refractivity contribution in [2.45, 2.75) is 39.8 Å². The minimum absolute atomic E-state index is 0.104. The second kappa shape index (κ2) is 7.64. The predicted molar refractivity (Wildman–Crippen MR) is 88.9 cm³/mol. The Morgan fingerprint density at radius 2 is 1.95 bits per heavy atom. The lowest BCUT2D eigenvalue weighted by Gasteiger charge is -2.17. The maximum absolute atomic E-state index is 12.2. The van der Waals surface area contributed by atoms with Crippen molar-refractivity contribution in [1.29, 1.82) is 0 Å². The molecule has 0 heterocycles. The number of ether oxygens (including phenoxy) is 1. The first-order valence-corrected chi connectivity index (χ1v) is 7.68. The number of para-hydroxylation sites is 1. The highest BCUT2D eigenvalue weighted by Crippen LogP contribution is 2.19. The molecule has 3 heteroatoms. The Morgan fingerprint density at radius 3 is 2.68 bits per heavy atom. The summed E-state index contributed by atoms with van der Waals surface area (Å²) in [5.74, 6) is 0.676. The van der Waals surface area contributed by atoms with Crippen molar-refractivity contribution in [3.63, 3.8) is 0 Å². The highest BCUT2D eigenvalue weighted by atomic mass is 16.5. The van der Waals surface area contributed by atoms with E-state index < -0.39 is 6.10 Å². The lowest BCUT2D eigenvalue weighted by atomic mass is 10.1. The Hall–Kier alpha value is -2.29. The van der Waals surface area contributed by atoms with Crippen LogP contribution in [0.1, 0.15) is 30.5 Å². The first-order valence-electron chi connectivity index (χ1n) is 7.68. The molecule has 1 amide bonds. The molecule has 2 aromatic carbocycles. The summed E-state index contributed by atoms with van der Waals surface area (Å²) in [7, 11) is 0. The zero-order valence-electron chi connectivity index (χ0n) is 13.4. The van der Waals surface area contributed by atoms with E-state index in [0.717, 1.165) is 23.3 Å². The Kier molecular flexibility index (Phi) is 5.59. The Balaban J connectivity index is 1.92. The van der Waals surface area contributed by atoms with E-state index in [-0.39, 0.29) is 5.91 Å². The summed E-state index contributed by atoms with van der Waals surface area (Å²) in [6.07, 6.45) is 0.367. The van der Waals surface area contributed by atoms with Gasteiger partial charge in [-0.3, -0.25) is 4.79 Å². The van der Waals surface area contributed by atoms with Gasteiger partial charge in [-0.25, -0.2) is 0 Å². The third-order valence-electron chi connectivity index (χ3n) is 3.58. The minimum atomic E-state index is -0.516. The molecule has 0 saturated heterocycles. The van der Waals surface area contributed by atoms with Gasteiger partial charge >= 0.3 is 0 Å². The van der Waals surface area contributed by atoms with Gasteiger partial charge in [-0.15, -0.1) is 0 Å². The fourth-order valence-corrected chi connectivity index (χ4v) is 2.31. The predicted octanol–water partition coefficient (Wildman–Crippen LogP) is 3.64. The molecule has 116 valence electrons. The number of amides is 1. The third kappa shape index (κ3) is 4.35. The Morgan fingerprint density at radius 1 is 1.18 bits per heavy atom. The lowest BCUT2D eigenvalue weighted by molar-refractivity contribution is -0.127. The van der Waals surface area contributed by atoms with Crippen LogP contribution < -0.4 is 10.1 Å². The standard InChI is InChI=1S/C19H23NO2/c1-4-17-10-5-6-11-18(17)22-15(3)19(21)20-13-16-9-7-8-14(2)12-16/h5-12,15H,4,13H2,1-3H3,(H,20,21)/t15-/m1/s1. The second-order valence-electron chi connectivity index (χ2n) is 5.43. The van der Waals surface area contributed by atoms with E-state index in [4.69, 9.17) is 4.74 Å². The monoisotopic (exact) mass is 297 g/mol. The van der Waals surface area contributed by atoms with Gasteiger partial charge in [0.25, 0.3) is 5.91 Å². The lowest BCUT2D eigenvalue weighted by Crippen LogP contribution is -2.36. The van der Waals surface area contributed by atoms with Crippen LogP contribution in [0.4, 0.5) is 0 Å². The Labute approximate surface area is 132 Å². The largest absolute Gasteiger partial charge is 0.481 e. The number of hydrogen-bond donors (Lipinski definition) is 1. The van der Waals surface area contributed by atoms with Crippen LogP contribution in [0.2, 0.25) is 0 Å². The molecule has 0 saturated carbocycles. The van der Waals surface area contributed by atoms with Crippen molar-refractivity contribution >= 4 is 5.91 Å². The van der Waals surface area contributed by atoms with Gasteiger partial charge < -0.3 is 10.1 Å². The molecule has 0 radical (unpaired) electrons. The molecular formula is C19H23NO2. The molecular weight excluding hydrogens is 274 g/mol. The number of rotatable bonds is 6. The van der Waals surface area contributed by atoms with E-state index in [2.05, 4.69) is 18.3 Å². The molecule has 2 aromatic rings. The minimum Gasteiger partial charge on any atom is -0.481 e. The van der Waals surface area contributed by atoms with E-state index in [1.165, 1.54) is 5.56 Å². The van der Waals surface area contributed by atoms with E-state index in [1.54, 1.807) is 6.92 Å². The van der Waals surface area contributed by atoms with Crippen LogP contribution in [0.3, 0.4) is 0 Å². The van der Waals surface area contributed by atoms with Crippen LogP contribution in [0.5, 0.6) is 5.75 Å². The maximum Gasteiger partial charge on any atom is 0.261 e. The highest BCUT2D eigenvalue weighted by Gasteiger charge is 2.15. The van der Waals surface area contributed by atoms with Gasteiger partial charge in [0.15, 0.2) is 6.10 Å². The van der Waals surface area contributed by atoms with Crippen molar-refractivity contribution in [2.24, 2.45) is 0 Å². The van der Waals surface area contributed by atoms with Gasteiger partial charge in [-0.1, -0.05) is 55.0 Å². The maximum atomic E-state index is 12.2. The first kappa shape index (κ1) is 16.1. The van der Waals surface area contributed by atoms with E-state index in [0.29, 0.717) is 6.54 Å². The van der Waals surface area contributed by atoms with Gasteiger partial charge in [-0.2, -0.15) is 0 Å². The van der Waals surface area contributed by atoms with Gasteiger partial charge in [0, 0.05) is 6.54 Å². The number of nitrogens with one attached hydrogen (secondary N) is 1. The summed E-state index contributed by atoms with van der Waals surface area (Å²) in [5.41, 5.74) is 3.39. The average molecular weight is 297 g/mol. The SMILES string of the molecule is CCc1ccccc1O[C@H](C)C(=O)NCc1cccc(C)c1. The highest BCUT2D eigenvalue weighted by molar-refractivity contribution is 5.80. The molecule has 3 nitrogen and oxygen atoms in total. The molecule has 0 unspecified atom stereocenters. The topological polar surface area (TPSA) is 38.3 Å². The molecule has 0 aliphatic rings. The van der Waals surface area contributed by atoms with Crippen LogP contribution in [0.15, 0.2) is 48.5 Å². The third-order valence-corrected chi connectivity index (χ3v) is 3.58. The zero-order valence-corrected chi connectivity index (χ0v) is 13.4. The van der Waals surface area contributed by atoms with Crippen molar-refractivity contribution in [2.75, 3.05) is 0 Å². The van der Waals surface area contributed by atoms with Crippen LogP contribution >= 0.6 is 0 Å². The van der Waals surface area contributed by atoms with Crippen molar-refractivity contribution < 1.29 is 9.53 Å². The Bertz CT molecular complexity index is 637. The summed E-state index contributed by atoms with van der Waals surface area (Å²) in [6.45, 7) is 6.41. The van der Waals surface area contributed by atoms with Gasteiger partial charge in [0.2, 0.25) is 0 Å². The summed E-state index contributed by atoms with van der Waals surface area (Å²) in [4.78, 5) is 12.2. The van der Waals surface area contributed by atoms with Crippen molar-refractivity contribution in [3.05, 3.63) is 65.2 Å². The summed E-state index contributed by atoms with van der Waals surface area (Å²) in [5, 5.41) is 2.92. The van der Waals surface area contributed by atoms with Crippen LogP contribution in [-0.4, -0.2) is 12.0 Å². The van der Waals surface area contributed by atoms with Crippen LogP contribution in [0.25, 0.3) is 0 Å². The summed E-state index contributed by atoms with van der Waals surface area (Å²) >= 11 is 0. The molecule has 0 aliphatic carbocycles. The summed E-state index contributed by atoms with van der Waals surface area (Å²) in [6, 6.07) is 15.9. The molecule has 0 fully saturated rings. The number of carbonyl (C=O) groups is 1. The van der Waals surface area contributed by atoms with E-state index >= 15 is 0 Å². The quantitative estimate of drug-likeness (QED) is 0.884. The molecule has 0 aliphatic heterocycles. The molecule has 0 spiro atoms. The van der Waals surface area contributed by atoms with E-state index in [9.17, 15) is 4.79 Å².